The van der Waals surface area contributed by atoms with Crippen molar-refractivity contribution in [2.45, 2.75) is 26.3 Å². The Hall–Kier alpha value is -1.81. The molecule has 0 atom stereocenters. The van der Waals surface area contributed by atoms with Crippen molar-refractivity contribution in [2.24, 2.45) is 0 Å². The van der Waals surface area contributed by atoms with Crippen LogP contribution in [0.2, 0.25) is 0 Å². The smallest absolute Gasteiger partial charge is 0.221 e. The predicted octanol–water partition coefficient (Wildman–Crippen LogP) is 2.22. The summed E-state index contributed by atoms with van der Waals surface area (Å²) in [5.74, 6) is 1.08. The summed E-state index contributed by atoms with van der Waals surface area (Å²) in [6.07, 6.45) is 1.37. The van der Waals surface area contributed by atoms with E-state index in [9.17, 15) is 4.79 Å². The van der Waals surface area contributed by atoms with Crippen molar-refractivity contribution in [2.75, 3.05) is 13.6 Å². The van der Waals surface area contributed by atoms with Gasteiger partial charge in [0.15, 0.2) is 0 Å². The van der Waals surface area contributed by atoms with Gasteiger partial charge in [-0.2, -0.15) is 0 Å². The number of rotatable bonds is 6. The molecule has 0 spiro atoms. The van der Waals surface area contributed by atoms with Gasteiger partial charge in [0.2, 0.25) is 5.91 Å². The molecule has 2 rings (SSSR count). The normalized spacial score (nSPS) is 10.8. The second-order valence-corrected chi connectivity index (χ2v) is 4.45. The number of furan rings is 1. The van der Waals surface area contributed by atoms with Gasteiger partial charge in [0.25, 0.3) is 0 Å². The molecule has 0 saturated carbocycles. The Morgan fingerprint density at radius 1 is 1.32 bits per heavy atom. The minimum absolute atomic E-state index is 0.0558. The number of hydrogen-bond acceptors (Lipinski definition) is 3. The van der Waals surface area contributed by atoms with Gasteiger partial charge in [-0.15, -0.1) is 0 Å². The Morgan fingerprint density at radius 3 is 2.84 bits per heavy atom. The molecule has 4 heteroatoms. The van der Waals surface area contributed by atoms with Gasteiger partial charge in [0.05, 0.1) is 0 Å². The first-order chi connectivity index (χ1) is 9.26. The van der Waals surface area contributed by atoms with Crippen LogP contribution in [0.3, 0.4) is 0 Å². The average Bonchev–Trinajstić information content (AvgIpc) is 2.81. The van der Waals surface area contributed by atoms with Gasteiger partial charge in [-0.25, -0.2) is 0 Å². The molecule has 0 fully saturated rings. The summed E-state index contributed by atoms with van der Waals surface area (Å²) in [6, 6.07) is 8.07. The number of benzene rings is 1. The maximum Gasteiger partial charge on any atom is 0.221 e. The van der Waals surface area contributed by atoms with Crippen molar-refractivity contribution in [3.05, 3.63) is 35.6 Å². The largest absolute Gasteiger partial charge is 0.461 e. The average molecular weight is 260 g/mol. The van der Waals surface area contributed by atoms with E-state index in [1.165, 1.54) is 5.56 Å². The SMILES string of the molecule is CCc1oc2ccccc2c1CNCCC(=O)NC. The highest BCUT2D eigenvalue weighted by atomic mass is 16.3. The summed E-state index contributed by atoms with van der Waals surface area (Å²) >= 11 is 0. The molecule has 1 aromatic carbocycles. The Balaban J connectivity index is 2.05. The number of nitrogens with one attached hydrogen (secondary N) is 2. The second kappa shape index (κ2) is 6.38. The van der Waals surface area contributed by atoms with Crippen LogP contribution in [0.4, 0.5) is 0 Å². The number of para-hydroxylation sites is 1. The van der Waals surface area contributed by atoms with Crippen molar-refractivity contribution in [1.82, 2.24) is 10.6 Å². The first-order valence-corrected chi connectivity index (χ1v) is 6.66. The minimum Gasteiger partial charge on any atom is -0.461 e. The number of carbonyl (C=O) groups is 1. The number of carbonyl (C=O) groups excluding carboxylic acids is 1. The topological polar surface area (TPSA) is 54.3 Å². The molecular weight excluding hydrogens is 240 g/mol. The molecule has 1 aromatic heterocycles. The predicted molar refractivity (Wildman–Crippen MR) is 76.0 cm³/mol. The highest BCUT2D eigenvalue weighted by Gasteiger charge is 2.11. The fraction of sp³-hybridized carbons (Fsp3) is 0.400. The van der Waals surface area contributed by atoms with Crippen LogP contribution in [0.15, 0.2) is 28.7 Å². The molecule has 1 amide bonds. The lowest BCUT2D eigenvalue weighted by molar-refractivity contribution is -0.120. The van der Waals surface area contributed by atoms with Crippen molar-refractivity contribution in [3.63, 3.8) is 0 Å². The van der Waals surface area contributed by atoms with Gasteiger partial charge in [0, 0.05) is 43.9 Å². The summed E-state index contributed by atoms with van der Waals surface area (Å²) in [4.78, 5) is 11.1. The molecule has 4 nitrogen and oxygen atoms in total. The van der Waals surface area contributed by atoms with Crippen LogP contribution in [0.25, 0.3) is 11.0 Å². The zero-order chi connectivity index (χ0) is 13.7. The standard InChI is InChI=1S/C15H20N2O2/c1-3-13-12(10-17-9-8-15(18)16-2)11-6-4-5-7-14(11)19-13/h4-7,17H,3,8-10H2,1-2H3,(H,16,18). The van der Waals surface area contributed by atoms with Crippen LogP contribution in [-0.2, 0) is 17.8 Å². The van der Waals surface area contributed by atoms with Crippen molar-refractivity contribution in [3.8, 4) is 0 Å². The van der Waals surface area contributed by atoms with Gasteiger partial charge in [-0.05, 0) is 6.07 Å². The molecule has 19 heavy (non-hydrogen) atoms. The molecule has 0 aliphatic carbocycles. The van der Waals surface area contributed by atoms with E-state index >= 15 is 0 Å². The number of aryl methyl sites for hydroxylation is 1. The molecule has 2 aromatic rings. The second-order valence-electron chi connectivity index (χ2n) is 4.45. The summed E-state index contributed by atoms with van der Waals surface area (Å²) < 4.78 is 5.83. The maximum absolute atomic E-state index is 11.1. The Bertz CT molecular complexity index is 560. The lowest BCUT2D eigenvalue weighted by Gasteiger charge is -2.04. The Kier molecular flexibility index (Phi) is 4.58. The van der Waals surface area contributed by atoms with Crippen LogP contribution < -0.4 is 10.6 Å². The molecule has 0 unspecified atom stereocenters. The monoisotopic (exact) mass is 260 g/mol. The van der Waals surface area contributed by atoms with E-state index in [1.54, 1.807) is 7.05 Å². The zero-order valence-electron chi connectivity index (χ0n) is 11.5. The third-order valence-electron chi connectivity index (χ3n) is 3.21. The van der Waals surface area contributed by atoms with E-state index in [4.69, 9.17) is 4.42 Å². The van der Waals surface area contributed by atoms with Gasteiger partial charge < -0.3 is 15.1 Å². The maximum atomic E-state index is 11.1. The lowest BCUT2D eigenvalue weighted by atomic mass is 10.1. The number of fused-ring (bicyclic) bond motifs is 1. The summed E-state index contributed by atoms with van der Waals surface area (Å²) in [6.45, 7) is 3.49. The molecule has 0 bridgehead atoms. The summed E-state index contributed by atoms with van der Waals surface area (Å²) in [5, 5.41) is 7.07. The fourth-order valence-corrected chi connectivity index (χ4v) is 2.17. The molecular formula is C15H20N2O2. The highest BCUT2D eigenvalue weighted by molar-refractivity contribution is 5.82. The molecule has 2 N–H and O–H groups in total. The minimum atomic E-state index is 0.0558. The van der Waals surface area contributed by atoms with Crippen molar-refractivity contribution in [1.29, 1.82) is 0 Å². The Morgan fingerprint density at radius 2 is 2.11 bits per heavy atom. The van der Waals surface area contributed by atoms with Gasteiger partial charge >= 0.3 is 0 Å². The summed E-state index contributed by atoms with van der Waals surface area (Å²) in [5.41, 5.74) is 2.14. The number of hydrogen-bond donors (Lipinski definition) is 2. The first kappa shape index (κ1) is 13.6. The van der Waals surface area contributed by atoms with Crippen molar-refractivity contribution < 1.29 is 9.21 Å². The number of amides is 1. The van der Waals surface area contributed by atoms with E-state index in [-0.39, 0.29) is 5.91 Å². The van der Waals surface area contributed by atoms with Gasteiger partial charge in [-0.1, -0.05) is 25.1 Å². The van der Waals surface area contributed by atoms with E-state index in [0.29, 0.717) is 13.0 Å². The third kappa shape index (κ3) is 3.15. The first-order valence-electron chi connectivity index (χ1n) is 6.66. The van der Waals surface area contributed by atoms with Crippen LogP contribution in [0.5, 0.6) is 0 Å². The van der Waals surface area contributed by atoms with Gasteiger partial charge in [-0.3, -0.25) is 4.79 Å². The molecule has 0 saturated heterocycles. The van der Waals surface area contributed by atoms with Crippen LogP contribution in [0.1, 0.15) is 24.7 Å². The zero-order valence-corrected chi connectivity index (χ0v) is 11.5. The van der Waals surface area contributed by atoms with E-state index in [2.05, 4.69) is 23.6 Å². The van der Waals surface area contributed by atoms with E-state index in [1.807, 2.05) is 18.2 Å². The van der Waals surface area contributed by atoms with Crippen molar-refractivity contribution >= 4 is 16.9 Å². The van der Waals surface area contributed by atoms with Crippen LogP contribution >= 0.6 is 0 Å². The quantitative estimate of drug-likeness (QED) is 0.783. The molecule has 0 aliphatic rings. The van der Waals surface area contributed by atoms with Gasteiger partial charge in [0.1, 0.15) is 11.3 Å². The lowest BCUT2D eigenvalue weighted by Crippen LogP contribution is -2.24. The highest BCUT2D eigenvalue weighted by Crippen LogP contribution is 2.25. The van der Waals surface area contributed by atoms with Crippen LogP contribution in [-0.4, -0.2) is 19.5 Å². The molecule has 0 radical (unpaired) electrons. The molecule has 102 valence electrons. The Labute approximate surface area is 113 Å². The van der Waals surface area contributed by atoms with E-state index in [0.717, 1.165) is 29.7 Å². The fourth-order valence-electron chi connectivity index (χ4n) is 2.17. The molecule has 0 aliphatic heterocycles. The molecule has 1 heterocycles. The third-order valence-corrected chi connectivity index (χ3v) is 3.21. The summed E-state index contributed by atoms with van der Waals surface area (Å²) in [7, 11) is 1.65. The van der Waals surface area contributed by atoms with Crippen LogP contribution in [0, 0.1) is 0 Å². The van der Waals surface area contributed by atoms with E-state index < -0.39 is 0 Å².